The molecule has 0 aromatic carbocycles. The van der Waals surface area contributed by atoms with Crippen LogP contribution < -0.4 is 0 Å². The molecule has 0 rings (SSSR count). The quantitative estimate of drug-likeness (QED) is 0.273. The van der Waals surface area contributed by atoms with Gasteiger partial charge in [-0.1, -0.05) is 0 Å². The maximum Gasteiger partial charge on any atom is 0.317 e. The number of carboxylic acids is 4. The van der Waals surface area contributed by atoms with Gasteiger partial charge in [-0.15, -0.1) is 0 Å². The Hall–Kier alpha value is -0.927. The molecular formula is C10H16DyN2O8. The van der Waals surface area contributed by atoms with Gasteiger partial charge in [-0.05, 0) is 0 Å². The van der Waals surface area contributed by atoms with Crippen molar-refractivity contribution in [3.05, 3.63) is 0 Å². The van der Waals surface area contributed by atoms with Gasteiger partial charge in [-0.3, -0.25) is 29.0 Å². The second kappa shape index (κ2) is 11.7. The maximum atomic E-state index is 10.6. The summed E-state index contributed by atoms with van der Waals surface area (Å²) in [7, 11) is 0. The molecule has 0 radical (unpaired) electrons. The van der Waals surface area contributed by atoms with Crippen molar-refractivity contribution in [2.24, 2.45) is 0 Å². The molecule has 4 N–H and O–H groups in total. The van der Waals surface area contributed by atoms with Crippen LogP contribution >= 0.6 is 0 Å². The molecule has 0 heterocycles. The van der Waals surface area contributed by atoms with Crippen molar-refractivity contribution in [2.75, 3.05) is 39.3 Å². The van der Waals surface area contributed by atoms with Crippen molar-refractivity contribution in [1.29, 1.82) is 0 Å². The molecule has 11 heteroatoms. The zero-order valence-electron chi connectivity index (χ0n) is 10.9. The molecule has 10 nitrogen and oxygen atoms in total. The zero-order valence-corrected chi connectivity index (χ0v) is 12.9. The van der Waals surface area contributed by atoms with E-state index in [1.54, 1.807) is 0 Å². The molecule has 0 aromatic heterocycles. The molecule has 0 aliphatic carbocycles. The van der Waals surface area contributed by atoms with Crippen LogP contribution in [0.4, 0.5) is 0 Å². The molecule has 0 aromatic rings. The number of hydrogen-bond acceptors (Lipinski definition) is 6. The molecule has 21 heavy (non-hydrogen) atoms. The van der Waals surface area contributed by atoms with Gasteiger partial charge in [0.15, 0.2) is 0 Å². The summed E-state index contributed by atoms with van der Waals surface area (Å²) in [6.07, 6.45) is 0. The Labute approximate surface area is 150 Å². The topological polar surface area (TPSA) is 156 Å². The maximum absolute atomic E-state index is 10.6. The fraction of sp³-hybridized carbons (Fsp3) is 0.600. The van der Waals surface area contributed by atoms with Crippen molar-refractivity contribution >= 4 is 23.9 Å². The Balaban J connectivity index is 0. The van der Waals surface area contributed by atoms with Gasteiger partial charge in [-0.2, -0.15) is 0 Å². The minimum atomic E-state index is -1.23. The molecule has 0 atom stereocenters. The Kier molecular flexibility index (Phi) is 12.5. The first kappa shape index (κ1) is 22.4. The van der Waals surface area contributed by atoms with Crippen molar-refractivity contribution in [2.45, 2.75) is 0 Å². The van der Waals surface area contributed by atoms with E-state index in [1.165, 1.54) is 0 Å². The van der Waals surface area contributed by atoms with Crippen molar-refractivity contribution < 1.29 is 77.8 Å². The van der Waals surface area contributed by atoms with Crippen molar-refractivity contribution in [3.63, 3.8) is 0 Å². The van der Waals surface area contributed by atoms with Gasteiger partial charge in [0, 0.05) is 51.3 Å². The van der Waals surface area contributed by atoms with Crippen LogP contribution in [0.25, 0.3) is 0 Å². The van der Waals surface area contributed by atoms with E-state index in [0.29, 0.717) is 0 Å². The third kappa shape index (κ3) is 13.8. The average Bonchev–Trinajstić information content (AvgIpc) is 2.22. The van der Waals surface area contributed by atoms with Gasteiger partial charge >= 0.3 is 23.9 Å². The van der Waals surface area contributed by atoms with Crippen molar-refractivity contribution in [3.8, 4) is 0 Å². The molecule has 0 aliphatic rings. The summed E-state index contributed by atoms with van der Waals surface area (Å²) >= 11 is 0. The standard InChI is InChI=1S/C10H16N2O8.Dy/c13-7(14)3-11(4-8(15)16)1-2-12(5-9(17)18)6-10(19)20;/h1-6H2,(H,13,14)(H,15,16)(H,17,18)(H,19,20);. The minimum absolute atomic E-state index is 0. The second-order valence-corrected chi connectivity index (χ2v) is 4.00. The predicted molar refractivity (Wildman–Crippen MR) is 63.4 cm³/mol. The summed E-state index contributed by atoms with van der Waals surface area (Å²) in [5, 5.41) is 34.5. The van der Waals surface area contributed by atoms with E-state index in [9.17, 15) is 19.2 Å². The largest absolute Gasteiger partial charge is 0.480 e. The molecule has 124 valence electrons. The molecule has 0 fully saturated rings. The number of carboxylic acid groups (broad SMARTS) is 4. The van der Waals surface area contributed by atoms with E-state index in [4.69, 9.17) is 20.4 Å². The van der Waals surface area contributed by atoms with Gasteiger partial charge < -0.3 is 20.4 Å². The Bertz CT molecular complexity index is 321. The van der Waals surface area contributed by atoms with Crippen LogP contribution in [0.5, 0.6) is 0 Å². The van der Waals surface area contributed by atoms with Gasteiger partial charge in [0.2, 0.25) is 0 Å². The molecule has 0 amide bonds. The average molecular weight is 455 g/mol. The fourth-order valence-corrected chi connectivity index (χ4v) is 1.48. The summed E-state index contributed by atoms with van der Waals surface area (Å²) in [5.41, 5.74) is 0. The summed E-state index contributed by atoms with van der Waals surface area (Å²) in [6, 6.07) is 0. The number of nitrogens with zero attached hydrogens (tertiary/aromatic N) is 2. The number of hydrogen-bond donors (Lipinski definition) is 4. The molecular weight excluding hydrogens is 439 g/mol. The molecule has 0 aliphatic heterocycles. The van der Waals surface area contributed by atoms with Gasteiger partial charge in [0.25, 0.3) is 0 Å². The normalized spacial score (nSPS) is 10.2. The van der Waals surface area contributed by atoms with E-state index in [1.807, 2.05) is 0 Å². The van der Waals surface area contributed by atoms with Crippen LogP contribution in [-0.4, -0.2) is 93.4 Å². The first-order valence-electron chi connectivity index (χ1n) is 5.52. The summed E-state index contributed by atoms with van der Waals surface area (Å²) < 4.78 is 0. The third-order valence-electron chi connectivity index (χ3n) is 2.17. The monoisotopic (exact) mass is 456 g/mol. The van der Waals surface area contributed by atoms with E-state index in [2.05, 4.69) is 0 Å². The zero-order chi connectivity index (χ0) is 15.7. The van der Waals surface area contributed by atoms with Crippen LogP contribution in [0.15, 0.2) is 0 Å². The van der Waals surface area contributed by atoms with Crippen LogP contribution in [0.3, 0.4) is 0 Å². The summed E-state index contributed by atoms with van der Waals surface area (Å²) in [6.45, 7) is -2.25. The summed E-state index contributed by atoms with van der Waals surface area (Å²) in [5.74, 6) is -4.91. The molecule has 0 saturated carbocycles. The minimum Gasteiger partial charge on any atom is -0.480 e. The number of aliphatic carboxylic acids is 4. The Morgan fingerprint density at radius 2 is 0.762 bits per heavy atom. The SMILES string of the molecule is O=C(O)CN(CCN(CC(=O)O)CC(=O)O)CC(=O)O.[Dy]. The van der Waals surface area contributed by atoms with Crippen LogP contribution in [0.1, 0.15) is 0 Å². The van der Waals surface area contributed by atoms with E-state index < -0.39 is 50.1 Å². The van der Waals surface area contributed by atoms with Gasteiger partial charge in [-0.25, -0.2) is 0 Å². The van der Waals surface area contributed by atoms with Crippen LogP contribution in [0, 0.1) is 38.2 Å². The first-order chi connectivity index (χ1) is 9.20. The van der Waals surface area contributed by atoms with Crippen LogP contribution in [0.2, 0.25) is 0 Å². The van der Waals surface area contributed by atoms with E-state index in [0.717, 1.165) is 9.80 Å². The smallest absolute Gasteiger partial charge is 0.317 e. The molecule has 0 saturated heterocycles. The van der Waals surface area contributed by atoms with E-state index in [-0.39, 0.29) is 51.3 Å². The number of rotatable bonds is 11. The predicted octanol–water partition coefficient (Wildman–Crippen LogP) is -2.07. The van der Waals surface area contributed by atoms with Gasteiger partial charge in [0.1, 0.15) is 0 Å². The molecule has 0 bridgehead atoms. The van der Waals surface area contributed by atoms with Crippen LogP contribution in [-0.2, 0) is 19.2 Å². The van der Waals surface area contributed by atoms with Crippen molar-refractivity contribution in [1.82, 2.24) is 9.80 Å². The van der Waals surface area contributed by atoms with Gasteiger partial charge in [0.05, 0.1) is 26.2 Å². The molecule has 0 spiro atoms. The second-order valence-electron chi connectivity index (χ2n) is 4.00. The number of carbonyl (C=O) groups is 4. The third-order valence-corrected chi connectivity index (χ3v) is 2.17. The Morgan fingerprint density at radius 3 is 0.905 bits per heavy atom. The Morgan fingerprint density at radius 1 is 0.571 bits per heavy atom. The molecule has 0 unspecified atom stereocenters. The summed E-state index contributed by atoms with van der Waals surface area (Å²) in [4.78, 5) is 44.4. The fourth-order valence-electron chi connectivity index (χ4n) is 1.48. The van der Waals surface area contributed by atoms with E-state index >= 15 is 0 Å². The first-order valence-corrected chi connectivity index (χ1v) is 5.52.